The van der Waals surface area contributed by atoms with E-state index in [0.717, 1.165) is 19.3 Å². The molecule has 1 aliphatic heterocycles. The molecule has 1 aliphatic carbocycles. The van der Waals surface area contributed by atoms with Crippen molar-refractivity contribution in [1.29, 1.82) is 0 Å². The summed E-state index contributed by atoms with van der Waals surface area (Å²) in [7, 11) is 0. The van der Waals surface area contributed by atoms with E-state index >= 15 is 0 Å². The Bertz CT molecular complexity index is 329. The van der Waals surface area contributed by atoms with Crippen LogP contribution in [-0.2, 0) is 9.59 Å². The maximum Gasteiger partial charge on any atom is 0.245 e. The predicted octanol–water partition coefficient (Wildman–Crippen LogP) is 1.16. The van der Waals surface area contributed by atoms with Crippen LogP contribution in [0.15, 0.2) is 0 Å². The van der Waals surface area contributed by atoms with E-state index in [4.69, 9.17) is 0 Å². The highest BCUT2D eigenvalue weighted by molar-refractivity contribution is 5.95. The van der Waals surface area contributed by atoms with Crippen LogP contribution in [0.4, 0.5) is 0 Å². The zero-order valence-electron chi connectivity index (χ0n) is 11.0. The molecule has 17 heavy (non-hydrogen) atoms. The number of nitrogens with zero attached hydrogens (tertiary/aromatic N) is 1. The highest BCUT2D eigenvalue weighted by Crippen LogP contribution is 2.34. The van der Waals surface area contributed by atoms with Gasteiger partial charge in [0.25, 0.3) is 0 Å². The van der Waals surface area contributed by atoms with E-state index in [-0.39, 0.29) is 29.8 Å². The van der Waals surface area contributed by atoms with Crippen LogP contribution < -0.4 is 5.32 Å². The summed E-state index contributed by atoms with van der Waals surface area (Å²) in [5.74, 6) is 0.510. The molecule has 0 aromatic heterocycles. The average Bonchev–Trinajstić information content (AvgIpc) is 3.01. The molecule has 1 heterocycles. The van der Waals surface area contributed by atoms with Crippen LogP contribution in [0.3, 0.4) is 0 Å². The molecule has 1 saturated carbocycles. The highest BCUT2D eigenvalue weighted by Gasteiger charge is 2.42. The fourth-order valence-electron chi connectivity index (χ4n) is 2.14. The minimum absolute atomic E-state index is 0.00425. The molecule has 1 unspecified atom stereocenters. The first-order valence-electron chi connectivity index (χ1n) is 6.45. The Balaban J connectivity index is 1.95. The van der Waals surface area contributed by atoms with E-state index in [1.54, 1.807) is 4.90 Å². The zero-order valence-corrected chi connectivity index (χ0v) is 11.0. The summed E-state index contributed by atoms with van der Waals surface area (Å²) < 4.78 is 0. The van der Waals surface area contributed by atoms with E-state index in [0.29, 0.717) is 12.5 Å². The molecular formula is C13H22N2O2. The predicted molar refractivity (Wildman–Crippen MR) is 65.3 cm³/mol. The van der Waals surface area contributed by atoms with E-state index in [9.17, 15) is 9.59 Å². The largest absolute Gasteiger partial charge is 0.342 e. The first kappa shape index (κ1) is 12.4. The van der Waals surface area contributed by atoms with E-state index in [1.165, 1.54) is 0 Å². The fourth-order valence-corrected chi connectivity index (χ4v) is 2.14. The first-order chi connectivity index (χ1) is 7.87. The molecule has 1 saturated heterocycles. The van der Waals surface area contributed by atoms with Gasteiger partial charge in [-0.3, -0.25) is 9.59 Å². The van der Waals surface area contributed by atoms with Crippen molar-refractivity contribution in [2.24, 2.45) is 11.3 Å². The molecule has 2 amide bonds. The van der Waals surface area contributed by atoms with Crippen molar-refractivity contribution in [2.75, 3.05) is 13.1 Å². The molecule has 0 radical (unpaired) electrons. The summed E-state index contributed by atoms with van der Waals surface area (Å²) in [6.07, 6.45) is 3.08. The molecule has 0 aromatic rings. The third-order valence-electron chi connectivity index (χ3n) is 3.45. The van der Waals surface area contributed by atoms with Gasteiger partial charge in [-0.15, -0.1) is 0 Å². The van der Waals surface area contributed by atoms with Gasteiger partial charge in [-0.1, -0.05) is 20.8 Å². The Labute approximate surface area is 103 Å². The SMILES string of the molecule is CC(C)(C)CCN1CC(=O)NC(C2CC2)C1=O. The lowest BCUT2D eigenvalue weighted by Gasteiger charge is -2.34. The molecule has 2 aliphatic rings. The number of rotatable bonds is 3. The van der Waals surface area contributed by atoms with Gasteiger partial charge in [-0.25, -0.2) is 0 Å². The lowest BCUT2D eigenvalue weighted by Crippen LogP contribution is -2.59. The standard InChI is InChI=1S/C13H22N2O2/c1-13(2,3)6-7-15-8-10(16)14-11(12(15)17)9-4-5-9/h9,11H,4-8H2,1-3H3,(H,14,16). The van der Waals surface area contributed by atoms with Gasteiger partial charge in [-0.05, 0) is 30.6 Å². The molecule has 1 N–H and O–H groups in total. The minimum Gasteiger partial charge on any atom is -0.342 e. The molecule has 4 nitrogen and oxygen atoms in total. The second-order valence-corrected chi connectivity index (χ2v) is 6.45. The summed E-state index contributed by atoms with van der Waals surface area (Å²) in [5, 5.41) is 2.83. The van der Waals surface area contributed by atoms with Crippen molar-refractivity contribution < 1.29 is 9.59 Å². The Kier molecular flexibility index (Phi) is 3.15. The fraction of sp³-hybridized carbons (Fsp3) is 0.846. The summed E-state index contributed by atoms with van der Waals surface area (Å²) >= 11 is 0. The lowest BCUT2D eigenvalue weighted by atomic mass is 9.92. The zero-order chi connectivity index (χ0) is 12.6. The molecule has 2 fully saturated rings. The Morgan fingerprint density at radius 2 is 1.94 bits per heavy atom. The van der Waals surface area contributed by atoms with E-state index in [2.05, 4.69) is 26.1 Å². The van der Waals surface area contributed by atoms with Crippen LogP contribution >= 0.6 is 0 Å². The molecule has 2 rings (SSSR count). The van der Waals surface area contributed by atoms with Crippen LogP contribution in [0, 0.1) is 11.3 Å². The summed E-state index contributed by atoms with van der Waals surface area (Å²) in [6.45, 7) is 7.39. The molecule has 1 atom stereocenters. The van der Waals surface area contributed by atoms with Crippen molar-refractivity contribution in [1.82, 2.24) is 10.2 Å². The Morgan fingerprint density at radius 1 is 1.29 bits per heavy atom. The smallest absolute Gasteiger partial charge is 0.245 e. The van der Waals surface area contributed by atoms with Crippen molar-refractivity contribution in [3.63, 3.8) is 0 Å². The second kappa shape index (κ2) is 4.31. The molecular weight excluding hydrogens is 216 g/mol. The van der Waals surface area contributed by atoms with Crippen molar-refractivity contribution in [2.45, 2.75) is 46.1 Å². The third-order valence-corrected chi connectivity index (χ3v) is 3.45. The highest BCUT2D eigenvalue weighted by atomic mass is 16.2. The molecule has 4 heteroatoms. The molecule has 0 spiro atoms. The summed E-state index contributed by atoms with van der Waals surface area (Å²) in [4.78, 5) is 25.5. The maximum atomic E-state index is 12.2. The summed E-state index contributed by atoms with van der Waals surface area (Å²) in [6, 6.07) is -0.240. The van der Waals surface area contributed by atoms with Crippen LogP contribution in [0.25, 0.3) is 0 Å². The quantitative estimate of drug-likeness (QED) is 0.802. The van der Waals surface area contributed by atoms with Crippen LogP contribution in [-0.4, -0.2) is 35.8 Å². The van der Waals surface area contributed by atoms with Crippen molar-refractivity contribution in [3.05, 3.63) is 0 Å². The van der Waals surface area contributed by atoms with Crippen LogP contribution in [0.2, 0.25) is 0 Å². The minimum atomic E-state index is -0.240. The van der Waals surface area contributed by atoms with Gasteiger partial charge in [0.15, 0.2) is 0 Å². The summed E-state index contributed by atoms with van der Waals surface area (Å²) in [5.41, 5.74) is 0.198. The van der Waals surface area contributed by atoms with Gasteiger partial charge in [-0.2, -0.15) is 0 Å². The average molecular weight is 238 g/mol. The van der Waals surface area contributed by atoms with E-state index in [1.807, 2.05) is 0 Å². The third kappa shape index (κ3) is 3.20. The number of nitrogens with one attached hydrogen (secondary N) is 1. The van der Waals surface area contributed by atoms with Gasteiger partial charge in [0.05, 0.1) is 6.54 Å². The molecule has 96 valence electrons. The van der Waals surface area contributed by atoms with Crippen molar-refractivity contribution >= 4 is 11.8 Å². The van der Waals surface area contributed by atoms with Crippen LogP contribution in [0.5, 0.6) is 0 Å². The van der Waals surface area contributed by atoms with Crippen LogP contribution in [0.1, 0.15) is 40.0 Å². The van der Waals surface area contributed by atoms with Gasteiger partial charge < -0.3 is 10.2 Å². The Hall–Kier alpha value is -1.06. The lowest BCUT2D eigenvalue weighted by molar-refractivity contribution is -0.145. The Morgan fingerprint density at radius 3 is 2.47 bits per heavy atom. The number of carbonyl (C=O) groups is 2. The topological polar surface area (TPSA) is 49.4 Å². The number of piperazine rings is 1. The maximum absolute atomic E-state index is 12.2. The van der Waals surface area contributed by atoms with Crippen molar-refractivity contribution in [3.8, 4) is 0 Å². The van der Waals surface area contributed by atoms with Gasteiger partial charge >= 0.3 is 0 Å². The number of hydrogen-bond acceptors (Lipinski definition) is 2. The number of carbonyl (C=O) groups excluding carboxylic acids is 2. The normalized spacial score (nSPS) is 26.1. The second-order valence-electron chi connectivity index (χ2n) is 6.45. The number of amides is 2. The van der Waals surface area contributed by atoms with Gasteiger partial charge in [0, 0.05) is 6.54 Å². The van der Waals surface area contributed by atoms with Gasteiger partial charge in [0.2, 0.25) is 11.8 Å². The molecule has 0 bridgehead atoms. The monoisotopic (exact) mass is 238 g/mol. The van der Waals surface area contributed by atoms with Gasteiger partial charge in [0.1, 0.15) is 6.04 Å². The van der Waals surface area contributed by atoms with E-state index < -0.39 is 0 Å². The number of hydrogen-bond donors (Lipinski definition) is 1. The first-order valence-corrected chi connectivity index (χ1v) is 6.45. The molecule has 0 aromatic carbocycles.